The number of nitrogens with zero attached hydrogens (tertiary/aromatic N) is 1. The molecule has 1 aliphatic rings. The summed E-state index contributed by atoms with van der Waals surface area (Å²) in [5.41, 5.74) is 6.90. The van der Waals surface area contributed by atoms with Gasteiger partial charge >= 0.3 is 0 Å². The highest BCUT2D eigenvalue weighted by atomic mass is 32.2. The van der Waals surface area contributed by atoms with Gasteiger partial charge in [-0.05, 0) is 36.1 Å². The molecule has 110 valence electrons. The van der Waals surface area contributed by atoms with Gasteiger partial charge in [0.1, 0.15) is 0 Å². The van der Waals surface area contributed by atoms with Crippen molar-refractivity contribution in [3.63, 3.8) is 0 Å². The van der Waals surface area contributed by atoms with Gasteiger partial charge in [-0.3, -0.25) is 4.79 Å². The van der Waals surface area contributed by atoms with E-state index in [1.807, 2.05) is 24.5 Å². The van der Waals surface area contributed by atoms with Crippen LogP contribution in [0.3, 0.4) is 0 Å². The van der Waals surface area contributed by atoms with Crippen molar-refractivity contribution in [1.82, 2.24) is 4.90 Å². The first-order valence-electron chi connectivity index (χ1n) is 6.50. The molecular weight excluding hydrogens is 276 g/mol. The van der Waals surface area contributed by atoms with Gasteiger partial charge in [-0.15, -0.1) is 0 Å². The van der Waals surface area contributed by atoms with E-state index in [4.69, 9.17) is 15.2 Å². The van der Waals surface area contributed by atoms with Gasteiger partial charge in [-0.1, -0.05) is 6.07 Å². The van der Waals surface area contributed by atoms with Crippen LogP contribution in [0.25, 0.3) is 0 Å². The average Bonchev–Trinajstić information content (AvgIpc) is 2.91. The lowest BCUT2D eigenvalue weighted by atomic mass is 10.1. The summed E-state index contributed by atoms with van der Waals surface area (Å²) in [6.07, 6.45) is 2.71. The molecular formula is C14H20N2O3S. The topological polar surface area (TPSA) is 64.8 Å². The largest absolute Gasteiger partial charge is 0.454 e. The third kappa shape index (κ3) is 3.58. The predicted octanol–water partition coefficient (Wildman–Crippen LogP) is 1.45. The van der Waals surface area contributed by atoms with Crippen LogP contribution in [0, 0.1) is 0 Å². The molecule has 0 radical (unpaired) electrons. The zero-order valence-corrected chi connectivity index (χ0v) is 12.6. The van der Waals surface area contributed by atoms with Crippen LogP contribution in [-0.2, 0) is 11.3 Å². The highest BCUT2D eigenvalue weighted by Crippen LogP contribution is 2.32. The second-order valence-corrected chi connectivity index (χ2v) is 5.76. The second kappa shape index (κ2) is 6.85. The molecule has 0 aliphatic carbocycles. The molecule has 6 heteroatoms. The molecule has 0 saturated heterocycles. The van der Waals surface area contributed by atoms with Crippen LogP contribution in [0.2, 0.25) is 0 Å². The SMILES string of the molecule is CSCC[C@@H](N)C(=O)N(C)Cc1ccc2c(c1)OCO2. The third-order valence-corrected chi connectivity index (χ3v) is 3.83. The highest BCUT2D eigenvalue weighted by molar-refractivity contribution is 7.98. The lowest BCUT2D eigenvalue weighted by Crippen LogP contribution is -2.41. The standard InChI is InChI=1S/C14H20N2O3S/c1-16(14(17)11(15)5-6-20-2)8-10-3-4-12-13(7-10)19-9-18-12/h3-4,7,11H,5-6,8-9,15H2,1-2H3/t11-/m1/s1. The first-order valence-corrected chi connectivity index (χ1v) is 7.89. The summed E-state index contributed by atoms with van der Waals surface area (Å²) in [6, 6.07) is 5.27. The fourth-order valence-electron chi connectivity index (χ4n) is 2.04. The monoisotopic (exact) mass is 296 g/mol. The summed E-state index contributed by atoms with van der Waals surface area (Å²) in [5, 5.41) is 0. The molecule has 0 unspecified atom stereocenters. The van der Waals surface area contributed by atoms with Gasteiger partial charge in [-0.2, -0.15) is 11.8 Å². The van der Waals surface area contributed by atoms with Gasteiger partial charge in [-0.25, -0.2) is 0 Å². The van der Waals surface area contributed by atoms with Crippen LogP contribution >= 0.6 is 11.8 Å². The van der Waals surface area contributed by atoms with Crippen LogP contribution in [-0.4, -0.2) is 42.7 Å². The van der Waals surface area contributed by atoms with Crippen molar-refractivity contribution in [1.29, 1.82) is 0 Å². The van der Waals surface area contributed by atoms with Crippen molar-refractivity contribution >= 4 is 17.7 Å². The second-order valence-electron chi connectivity index (χ2n) is 4.77. The van der Waals surface area contributed by atoms with E-state index in [-0.39, 0.29) is 12.7 Å². The summed E-state index contributed by atoms with van der Waals surface area (Å²) in [4.78, 5) is 13.8. The number of fused-ring (bicyclic) bond motifs is 1. The molecule has 1 aliphatic heterocycles. The molecule has 0 bridgehead atoms. The molecule has 1 amide bonds. The maximum absolute atomic E-state index is 12.1. The van der Waals surface area contributed by atoms with Gasteiger partial charge in [0.05, 0.1) is 6.04 Å². The number of nitrogens with two attached hydrogens (primary N) is 1. The molecule has 5 nitrogen and oxygen atoms in total. The van der Waals surface area contributed by atoms with Crippen LogP contribution in [0.1, 0.15) is 12.0 Å². The van der Waals surface area contributed by atoms with Crippen molar-refractivity contribution in [2.45, 2.75) is 19.0 Å². The van der Waals surface area contributed by atoms with E-state index < -0.39 is 6.04 Å². The number of hydrogen-bond acceptors (Lipinski definition) is 5. The Morgan fingerprint density at radius 1 is 1.45 bits per heavy atom. The Morgan fingerprint density at radius 2 is 2.20 bits per heavy atom. The molecule has 20 heavy (non-hydrogen) atoms. The first-order chi connectivity index (χ1) is 9.61. The van der Waals surface area contributed by atoms with E-state index in [0.29, 0.717) is 13.0 Å². The van der Waals surface area contributed by atoms with E-state index in [2.05, 4.69) is 0 Å². The molecule has 0 aromatic heterocycles. The minimum absolute atomic E-state index is 0.0308. The fourth-order valence-corrected chi connectivity index (χ4v) is 2.53. The van der Waals surface area contributed by atoms with E-state index in [1.165, 1.54) is 0 Å². The van der Waals surface area contributed by atoms with Gasteiger partial charge in [0.25, 0.3) is 0 Å². The van der Waals surface area contributed by atoms with Gasteiger partial charge in [0.15, 0.2) is 11.5 Å². The van der Waals surface area contributed by atoms with Gasteiger partial charge < -0.3 is 20.1 Å². The van der Waals surface area contributed by atoms with Crippen molar-refractivity contribution in [3.8, 4) is 11.5 Å². The Balaban J connectivity index is 1.93. The summed E-state index contributed by atoms with van der Waals surface area (Å²) < 4.78 is 10.6. The van der Waals surface area contributed by atoms with E-state index in [1.54, 1.807) is 23.7 Å². The Bertz CT molecular complexity index is 481. The van der Waals surface area contributed by atoms with Gasteiger partial charge in [0.2, 0.25) is 12.7 Å². The Morgan fingerprint density at radius 3 is 2.95 bits per heavy atom. The number of likely N-dealkylation sites (N-methyl/N-ethyl adjacent to an activating group) is 1. The average molecular weight is 296 g/mol. The van der Waals surface area contributed by atoms with Crippen LogP contribution in [0.5, 0.6) is 11.5 Å². The van der Waals surface area contributed by atoms with Crippen molar-refractivity contribution in [2.24, 2.45) is 5.73 Å². The quantitative estimate of drug-likeness (QED) is 0.861. The van der Waals surface area contributed by atoms with Crippen LogP contribution in [0.4, 0.5) is 0 Å². The zero-order valence-electron chi connectivity index (χ0n) is 11.8. The molecule has 0 spiro atoms. The summed E-state index contributed by atoms with van der Waals surface area (Å²) in [6.45, 7) is 0.773. The zero-order chi connectivity index (χ0) is 14.5. The molecule has 1 atom stereocenters. The Labute approximate surface area is 123 Å². The highest BCUT2D eigenvalue weighted by Gasteiger charge is 2.19. The number of hydrogen-bond donors (Lipinski definition) is 1. The van der Waals surface area contributed by atoms with Gasteiger partial charge in [0, 0.05) is 13.6 Å². The smallest absolute Gasteiger partial charge is 0.239 e. The molecule has 2 N–H and O–H groups in total. The minimum atomic E-state index is -0.429. The number of ether oxygens (including phenoxy) is 2. The number of amides is 1. The molecule has 2 rings (SSSR count). The van der Waals surface area contributed by atoms with E-state index in [9.17, 15) is 4.79 Å². The molecule has 0 saturated carbocycles. The predicted molar refractivity (Wildman–Crippen MR) is 80.0 cm³/mol. The van der Waals surface area contributed by atoms with Crippen LogP contribution < -0.4 is 15.2 Å². The summed E-state index contributed by atoms with van der Waals surface area (Å²) in [7, 11) is 1.77. The maximum Gasteiger partial charge on any atom is 0.239 e. The normalized spacial score (nSPS) is 14.2. The molecule has 1 aromatic carbocycles. The van der Waals surface area contributed by atoms with Crippen molar-refractivity contribution < 1.29 is 14.3 Å². The Hall–Kier alpha value is -1.40. The van der Waals surface area contributed by atoms with Crippen LogP contribution in [0.15, 0.2) is 18.2 Å². The van der Waals surface area contributed by atoms with E-state index >= 15 is 0 Å². The lowest BCUT2D eigenvalue weighted by molar-refractivity contribution is -0.131. The van der Waals surface area contributed by atoms with Crippen molar-refractivity contribution in [2.75, 3.05) is 25.8 Å². The minimum Gasteiger partial charge on any atom is -0.454 e. The lowest BCUT2D eigenvalue weighted by Gasteiger charge is -2.21. The van der Waals surface area contributed by atoms with Crippen molar-refractivity contribution in [3.05, 3.63) is 23.8 Å². The number of thioether (sulfide) groups is 1. The summed E-state index contributed by atoms with van der Waals surface area (Å²) in [5.74, 6) is 2.34. The number of carbonyl (C=O) groups excluding carboxylic acids is 1. The number of carbonyl (C=O) groups is 1. The molecule has 1 aromatic rings. The number of benzene rings is 1. The third-order valence-electron chi connectivity index (χ3n) is 3.18. The number of rotatable bonds is 6. The molecule has 0 fully saturated rings. The fraction of sp³-hybridized carbons (Fsp3) is 0.500. The maximum atomic E-state index is 12.1. The Kier molecular flexibility index (Phi) is 5.14. The summed E-state index contributed by atoms with van der Waals surface area (Å²) >= 11 is 1.70. The first kappa shape index (κ1) is 15.0. The molecule has 1 heterocycles. The van der Waals surface area contributed by atoms with E-state index in [0.717, 1.165) is 22.8 Å².